The SMILES string of the molecule is C=CCC(N)(CC=C)c1ccc(Br)cc1. The van der Waals surface area contributed by atoms with Crippen LogP contribution in [0.3, 0.4) is 0 Å². The van der Waals surface area contributed by atoms with Crippen LogP contribution in [0.2, 0.25) is 0 Å². The Morgan fingerprint density at radius 2 is 1.60 bits per heavy atom. The lowest BCUT2D eigenvalue weighted by Crippen LogP contribution is -2.35. The third-order valence-electron chi connectivity index (χ3n) is 2.44. The molecule has 2 N–H and O–H groups in total. The van der Waals surface area contributed by atoms with E-state index in [2.05, 4.69) is 29.1 Å². The molecule has 1 aromatic rings. The minimum atomic E-state index is -0.371. The fraction of sp³-hybridized carbons (Fsp3) is 0.231. The van der Waals surface area contributed by atoms with Crippen molar-refractivity contribution in [1.29, 1.82) is 0 Å². The Bertz CT molecular complexity index is 330. The maximum Gasteiger partial charge on any atom is 0.0479 e. The molecule has 0 aliphatic carbocycles. The van der Waals surface area contributed by atoms with Crippen LogP contribution in [0.5, 0.6) is 0 Å². The van der Waals surface area contributed by atoms with Crippen molar-refractivity contribution in [3.05, 3.63) is 59.6 Å². The maximum atomic E-state index is 6.33. The average Bonchev–Trinajstić information content (AvgIpc) is 2.19. The maximum absolute atomic E-state index is 6.33. The first-order valence-corrected chi connectivity index (χ1v) is 5.68. The van der Waals surface area contributed by atoms with Crippen molar-refractivity contribution < 1.29 is 0 Å². The summed E-state index contributed by atoms with van der Waals surface area (Å²) in [4.78, 5) is 0. The van der Waals surface area contributed by atoms with Crippen LogP contribution >= 0.6 is 15.9 Å². The monoisotopic (exact) mass is 265 g/mol. The van der Waals surface area contributed by atoms with Crippen molar-refractivity contribution in [3.8, 4) is 0 Å². The van der Waals surface area contributed by atoms with Crippen LogP contribution in [0.25, 0.3) is 0 Å². The van der Waals surface area contributed by atoms with Crippen molar-refractivity contribution in [3.63, 3.8) is 0 Å². The smallest absolute Gasteiger partial charge is 0.0479 e. The highest BCUT2D eigenvalue weighted by molar-refractivity contribution is 9.10. The standard InChI is InChI=1S/C13H16BrN/c1-3-9-13(15,10-4-2)11-5-7-12(14)8-6-11/h3-8H,1-2,9-10,15H2. The third-order valence-corrected chi connectivity index (χ3v) is 2.96. The van der Waals surface area contributed by atoms with E-state index >= 15 is 0 Å². The molecule has 0 radical (unpaired) electrons. The van der Waals surface area contributed by atoms with E-state index in [0.29, 0.717) is 0 Å². The van der Waals surface area contributed by atoms with Gasteiger partial charge in [-0.25, -0.2) is 0 Å². The molecule has 1 rings (SSSR count). The van der Waals surface area contributed by atoms with Gasteiger partial charge in [0.05, 0.1) is 0 Å². The summed E-state index contributed by atoms with van der Waals surface area (Å²) in [5, 5.41) is 0. The molecule has 1 nitrogen and oxygen atoms in total. The van der Waals surface area contributed by atoms with Gasteiger partial charge in [-0.1, -0.05) is 40.2 Å². The van der Waals surface area contributed by atoms with E-state index in [1.807, 2.05) is 36.4 Å². The molecule has 0 amide bonds. The number of rotatable bonds is 5. The molecule has 0 heterocycles. The van der Waals surface area contributed by atoms with Crippen LogP contribution in [0.15, 0.2) is 54.0 Å². The molecular weight excluding hydrogens is 250 g/mol. The summed E-state index contributed by atoms with van der Waals surface area (Å²) in [5.74, 6) is 0. The van der Waals surface area contributed by atoms with Crippen molar-refractivity contribution in [2.24, 2.45) is 5.73 Å². The van der Waals surface area contributed by atoms with Crippen LogP contribution < -0.4 is 5.73 Å². The summed E-state index contributed by atoms with van der Waals surface area (Å²) >= 11 is 3.41. The predicted octanol–water partition coefficient (Wildman–Crippen LogP) is 3.76. The van der Waals surface area contributed by atoms with E-state index in [4.69, 9.17) is 5.73 Å². The van der Waals surface area contributed by atoms with Gasteiger partial charge in [0, 0.05) is 10.0 Å². The Kier molecular flexibility index (Phi) is 4.30. The molecule has 0 unspecified atom stereocenters. The van der Waals surface area contributed by atoms with Crippen molar-refractivity contribution in [2.45, 2.75) is 18.4 Å². The first-order chi connectivity index (χ1) is 7.12. The second-order valence-corrected chi connectivity index (χ2v) is 4.56. The van der Waals surface area contributed by atoms with E-state index in [1.54, 1.807) is 0 Å². The number of nitrogens with two attached hydrogens (primary N) is 1. The van der Waals surface area contributed by atoms with Crippen LogP contribution in [-0.2, 0) is 5.54 Å². The molecule has 15 heavy (non-hydrogen) atoms. The highest BCUT2D eigenvalue weighted by atomic mass is 79.9. The third kappa shape index (κ3) is 3.05. The van der Waals surface area contributed by atoms with Gasteiger partial charge in [0.1, 0.15) is 0 Å². The molecule has 2 heteroatoms. The quantitative estimate of drug-likeness (QED) is 0.807. The molecule has 1 aromatic carbocycles. The van der Waals surface area contributed by atoms with Crippen LogP contribution in [-0.4, -0.2) is 0 Å². The van der Waals surface area contributed by atoms with Gasteiger partial charge in [-0.2, -0.15) is 0 Å². The molecule has 0 saturated carbocycles. The minimum absolute atomic E-state index is 0.371. The molecule has 0 saturated heterocycles. The molecule has 0 aliphatic rings. The van der Waals surface area contributed by atoms with Gasteiger partial charge in [0.25, 0.3) is 0 Å². The molecular formula is C13H16BrN. The number of benzene rings is 1. The number of hydrogen-bond acceptors (Lipinski definition) is 1. The van der Waals surface area contributed by atoms with E-state index in [-0.39, 0.29) is 5.54 Å². The minimum Gasteiger partial charge on any atom is -0.321 e. The van der Waals surface area contributed by atoms with Gasteiger partial charge >= 0.3 is 0 Å². The topological polar surface area (TPSA) is 26.0 Å². The van der Waals surface area contributed by atoms with Crippen molar-refractivity contribution in [2.75, 3.05) is 0 Å². The molecule has 0 fully saturated rings. The van der Waals surface area contributed by atoms with Gasteiger partial charge in [-0.3, -0.25) is 0 Å². The molecule has 80 valence electrons. The van der Waals surface area contributed by atoms with Gasteiger partial charge in [0.15, 0.2) is 0 Å². The predicted molar refractivity (Wildman–Crippen MR) is 69.6 cm³/mol. The summed E-state index contributed by atoms with van der Waals surface area (Å²) in [6.45, 7) is 7.49. The average molecular weight is 266 g/mol. The Balaban J connectivity index is 3.02. The van der Waals surface area contributed by atoms with Crippen LogP contribution in [0.1, 0.15) is 18.4 Å². The van der Waals surface area contributed by atoms with Gasteiger partial charge < -0.3 is 5.73 Å². The zero-order valence-corrected chi connectivity index (χ0v) is 10.3. The molecule has 0 bridgehead atoms. The first-order valence-electron chi connectivity index (χ1n) is 4.89. The lowest BCUT2D eigenvalue weighted by Gasteiger charge is -2.27. The zero-order chi connectivity index (χ0) is 11.3. The fourth-order valence-electron chi connectivity index (χ4n) is 1.62. The number of hydrogen-bond donors (Lipinski definition) is 1. The Labute approximate surface area is 99.8 Å². The fourth-order valence-corrected chi connectivity index (χ4v) is 1.88. The summed E-state index contributed by atoms with van der Waals surface area (Å²) in [6, 6.07) is 8.08. The Morgan fingerprint density at radius 1 is 1.13 bits per heavy atom. The molecule has 0 spiro atoms. The summed E-state index contributed by atoms with van der Waals surface area (Å²) in [7, 11) is 0. The van der Waals surface area contributed by atoms with E-state index in [1.165, 1.54) is 0 Å². The van der Waals surface area contributed by atoms with Crippen LogP contribution in [0, 0.1) is 0 Å². The Hall–Kier alpha value is -0.860. The first kappa shape index (κ1) is 12.2. The largest absolute Gasteiger partial charge is 0.321 e. The van der Waals surface area contributed by atoms with Gasteiger partial charge in [0.2, 0.25) is 0 Å². The second-order valence-electron chi connectivity index (χ2n) is 3.65. The summed E-state index contributed by atoms with van der Waals surface area (Å²) in [5.41, 5.74) is 7.08. The molecule has 0 aromatic heterocycles. The summed E-state index contributed by atoms with van der Waals surface area (Å²) in [6.07, 6.45) is 5.21. The molecule has 0 atom stereocenters. The lowest BCUT2D eigenvalue weighted by atomic mass is 9.85. The highest BCUT2D eigenvalue weighted by Crippen LogP contribution is 2.27. The zero-order valence-electron chi connectivity index (χ0n) is 8.75. The van der Waals surface area contributed by atoms with E-state index in [9.17, 15) is 0 Å². The highest BCUT2D eigenvalue weighted by Gasteiger charge is 2.23. The lowest BCUT2D eigenvalue weighted by molar-refractivity contribution is 0.456. The van der Waals surface area contributed by atoms with Gasteiger partial charge in [-0.05, 0) is 30.5 Å². The number of halogens is 1. The summed E-state index contributed by atoms with van der Waals surface area (Å²) < 4.78 is 1.06. The van der Waals surface area contributed by atoms with Gasteiger partial charge in [-0.15, -0.1) is 13.2 Å². The van der Waals surface area contributed by atoms with Crippen LogP contribution in [0.4, 0.5) is 0 Å². The normalized spacial score (nSPS) is 11.1. The second kappa shape index (κ2) is 5.29. The molecule has 0 aliphatic heterocycles. The van der Waals surface area contributed by atoms with E-state index < -0.39 is 0 Å². The Morgan fingerprint density at radius 3 is 2.00 bits per heavy atom. The van der Waals surface area contributed by atoms with E-state index in [0.717, 1.165) is 22.9 Å². The van der Waals surface area contributed by atoms with Crippen molar-refractivity contribution in [1.82, 2.24) is 0 Å². The van der Waals surface area contributed by atoms with Crippen molar-refractivity contribution >= 4 is 15.9 Å².